The summed E-state index contributed by atoms with van der Waals surface area (Å²) in [5.74, 6) is -1.69. The number of anilines is 2. The summed E-state index contributed by atoms with van der Waals surface area (Å²) < 4.78 is 24.1. The van der Waals surface area contributed by atoms with Crippen LogP contribution in [-0.2, 0) is 14.6 Å². The molecule has 0 spiro atoms. The highest BCUT2D eigenvalue weighted by Gasteiger charge is 2.29. The van der Waals surface area contributed by atoms with Crippen LogP contribution in [0.1, 0.15) is 23.3 Å². The molecular formula is C15H19N5O5S. The van der Waals surface area contributed by atoms with Crippen molar-refractivity contribution in [3.8, 4) is 0 Å². The molecule has 26 heavy (non-hydrogen) atoms. The molecular weight excluding hydrogens is 362 g/mol. The van der Waals surface area contributed by atoms with Gasteiger partial charge in [0, 0.05) is 20.5 Å². The fourth-order valence-electron chi connectivity index (χ4n) is 2.98. The molecule has 0 aliphatic carbocycles. The zero-order chi connectivity index (χ0) is 19.1. The number of carboxylic acid groups (broad SMARTS) is 1. The largest absolute Gasteiger partial charge is 0.477 e. The number of aromatic carboxylic acids is 1. The number of hydrogen-bond donors (Lipinski definition) is 2. The summed E-state index contributed by atoms with van der Waals surface area (Å²) in [6.07, 6.45) is 0.517. The number of nitrogens with one attached hydrogen (secondary N) is 1. The predicted octanol–water partition coefficient (Wildman–Crippen LogP) is 0.257. The Bertz CT molecular complexity index is 982. The van der Waals surface area contributed by atoms with Gasteiger partial charge in [0.25, 0.3) is 0 Å². The second-order valence-electron chi connectivity index (χ2n) is 6.50. The number of fused-ring (bicyclic) bond motifs is 1. The van der Waals surface area contributed by atoms with E-state index in [4.69, 9.17) is 0 Å². The molecule has 1 amide bonds. The van der Waals surface area contributed by atoms with E-state index in [1.807, 2.05) is 0 Å². The van der Waals surface area contributed by atoms with Crippen molar-refractivity contribution in [1.82, 2.24) is 14.6 Å². The van der Waals surface area contributed by atoms with Crippen molar-refractivity contribution in [2.24, 2.45) is 5.92 Å². The van der Waals surface area contributed by atoms with E-state index in [1.54, 1.807) is 25.1 Å². The summed E-state index contributed by atoms with van der Waals surface area (Å²) in [5, 5.41) is 15.9. The summed E-state index contributed by atoms with van der Waals surface area (Å²) in [4.78, 5) is 29.5. The van der Waals surface area contributed by atoms with Gasteiger partial charge in [0.05, 0.1) is 17.2 Å². The van der Waals surface area contributed by atoms with E-state index in [-0.39, 0.29) is 35.5 Å². The number of rotatable bonds is 5. The molecule has 0 aromatic carbocycles. The van der Waals surface area contributed by atoms with Gasteiger partial charge in [-0.2, -0.15) is 4.98 Å². The highest BCUT2D eigenvalue weighted by molar-refractivity contribution is 7.91. The Kier molecular flexibility index (Phi) is 4.57. The van der Waals surface area contributed by atoms with Gasteiger partial charge in [-0.15, -0.1) is 5.10 Å². The van der Waals surface area contributed by atoms with Crippen molar-refractivity contribution < 1.29 is 23.1 Å². The lowest BCUT2D eigenvalue weighted by Gasteiger charge is -2.13. The van der Waals surface area contributed by atoms with Gasteiger partial charge in [-0.1, -0.05) is 0 Å². The number of carbonyl (C=O) groups excluding carboxylic acids is 1. The van der Waals surface area contributed by atoms with E-state index in [2.05, 4.69) is 15.4 Å². The fourth-order valence-corrected chi connectivity index (χ4v) is 4.85. The first-order valence-electron chi connectivity index (χ1n) is 7.97. The second-order valence-corrected chi connectivity index (χ2v) is 8.72. The standard InChI is InChI=1S/C15H19N5O5S/c1-19(2)10-3-4-11(14(22)23)20-13(10)17-15(18-20)16-12(21)7-9-5-6-26(24,25)8-9/h3-4,9H,5-8H2,1-2H3,(H,22,23)(H,16,18,21). The van der Waals surface area contributed by atoms with Crippen LogP contribution in [0.5, 0.6) is 0 Å². The van der Waals surface area contributed by atoms with Crippen molar-refractivity contribution in [2.45, 2.75) is 12.8 Å². The number of pyridine rings is 1. The molecule has 2 aromatic rings. The van der Waals surface area contributed by atoms with Gasteiger partial charge in [0.1, 0.15) is 0 Å². The van der Waals surface area contributed by atoms with Gasteiger partial charge < -0.3 is 10.0 Å². The molecule has 1 unspecified atom stereocenters. The molecule has 1 fully saturated rings. The molecule has 1 saturated heterocycles. The van der Waals surface area contributed by atoms with Crippen molar-refractivity contribution in [2.75, 3.05) is 35.8 Å². The molecule has 1 aliphatic heterocycles. The van der Waals surface area contributed by atoms with Crippen LogP contribution in [0.4, 0.5) is 11.6 Å². The van der Waals surface area contributed by atoms with Crippen LogP contribution in [0.15, 0.2) is 12.1 Å². The van der Waals surface area contributed by atoms with Crippen LogP contribution in [-0.4, -0.2) is 65.6 Å². The second kappa shape index (κ2) is 6.56. The molecule has 0 bridgehead atoms. The van der Waals surface area contributed by atoms with E-state index in [0.29, 0.717) is 17.8 Å². The maximum Gasteiger partial charge on any atom is 0.354 e. The van der Waals surface area contributed by atoms with Crippen LogP contribution in [0.2, 0.25) is 0 Å². The van der Waals surface area contributed by atoms with Gasteiger partial charge in [-0.25, -0.2) is 17.7 Å². The molecule has 3 heterocycles. The van der Waals surface area contributed by atoms with Gasteiger partial charge in [0.15, 0.2) is 21.2 Å². The predicted molar refractivity (Wildman–Crippen MR) is 94.3 cm³/mol. The number of amides is 1. The highest BCUT2D eigenvalue weighted by atomic mass is 32.2. The number of carbonyl (C=O) groups is 2. The number of aromatic nitrogens is 3. The van der Waals surface area contributed by atoms with Gasteiger partial charge in [-0.3, -0.25) is 10.1 Å². The van der Waals surface area contributed by atoms with Crippen molar-refractivity contribution in [3.63, 3.8) is 0 Å². The quantitative estimate of drug-likeness (QED) is 0.753. The lowest BCUT2D eigenvalue weighted by atomic mass is 10.1. The van der Waals surface area contributed by atoms with Gasteiger partial charge >= 0.3 is 5.97 Å². The fraction of sp³-hybridized carbons (Fsp3) is 0.467. The molecule has 0 radical (unpaired) electrons. The smallest absolute Gasteiger partial charge is 0.354 e. The topological polar surface area (TPSA) is 134 Å². The van der Waals surface area contributed by atoms with Crippen LogP contribution in [0.25, 0.3) is 5.65 Å². The Morgan fingerprint density at radius 3 is 2.69 bits per heavy atom. The minimum atomic E-state index is -3.05. The molecule has 1 atom stereocenters. The molecule has 1 aliphatic rings. The van der Waals surface area contributed by atoms with E-state index >= 15 is 0 Å². The number of nitrogens with zero attached hydrogens (tertiary/aromatic N) is 4. The molecule has 140 valence electrons. The molecule has 10 nitrogen and oxygen atoms in total. The molecule has 2 N–H and O–H groups in total. The van der Waals surface area contributed by atoms with Crippen LogP contribution in [0.3, 0.4) is 0 Å². The third kappa shape index (κ3) is 3.62. The van der Waals surface area contributed by atoms with Crippen LogP contribution < -0.4 is 10.2 Å². The van der Waals surface area contributed by atoms with Gasteiger partial charge in [-0.05, 0) is 24.5 Å². The Balaban J connectivity index is 1.84. The maximum atomic E-state index is 12.2. The summed E-state index contributed by atoms with van der Waals surface area (Å²) in [5.41, 5.74) is 0.860. The Morgan fingerprint density at radius 2 is 2.12 bits per heavy atom. The molecule has 11 heteroatoms. The Labute approximate surface area is 149 Å². The third-order valence-corrected chi connectivity index (χ3v) is 6.05. The van der Waals surface area contributed by atoms with Crippen LogP contribution in [0, 0.1) is 5.92 Å². The first-order chi connectivity index (χ1) is 12.2. The zero-order valence-electron chi connectivity index (χ0n) is 14.3. The number of hydrogen-bond acceptors (Lipinski definition) is 7. The maximum absolute atomic E-state index is 12.2. The first-order valence-corrected chi connectivity index (χ1v) is 9.79. The van der Waals surface area contributed by atoms with Crippen molar-refractivity contribution in [3.05, 3.63) is 17.8 Å². The van der Waals surface area contributed by atoms with Crippen LogP contribution >= 0.6 is 0 Å². The summed E-state index contributed by atoms with van der Waals surface area (Å²) in [7, 11) is 0.511. The SMILES string of the molecule is CN(C)c1ccc(C(=O)O)n2nc(NC(=O)CC3CCS(=O)(=O)C3)nc12. The van der Waals surface area contributed by atoms with E-state index in [9.17, 15) is 23.1 Å². The average molecular weight is 381 g/mol. The van der Waals surface area contributed by atoms with E-state index in [1.165, 1.54) is 6.07 Å². The number of carboxylic acids is 1. The normalized spacial score (nSPS) is 18.8. The van der Waals surface area contributed by atoms with Gasteiger partial charge in [0.2, 0.25) is 11.9 Å². The van der Waals surface area contributed by atoms with Crippen molar-refractivity contribution >= 4 is 39.0 Å². The zero-order valence-corrected chi connectivity index (χ0v) is 15.2. The molecule has 0 saturated carbocycles. The third-order valence-electron chi connectivity index (χ3n) is 4.22. The Hall–Kier alpha value is -2.69. The van der Waals surface area contributed by atoms with Crippen molar-refractivity contribution in [1.29, 1.82) is 0 Å². The van der Waals surface area contributed by atoms with E-state index < -0.39 is 21.7 Å². The highest BCUT2D eigenvalue weighted by Crippen LogP contribution is 2.23. The Morgan fingerprint density at radius 1 is 1.38 bits per heavy atom. The lowest BCUT2D eigenvalue weighted by molar-refractivity contribution is -0.116. The number of sulfone groups is 1. The average Bonchev–Trinajstić information content (AvgIpc) is 3.08. The molecule has 2 aromatic heterocycles. The summed E-state index contributed by atoms with van der Waals surface area (Å²) >= 11 is 0. The first kappa shape index (κ1) is 18.1. The van der Waals surface area contributed by atoms with E-state index in [0.717, 1.165) is 4.52 Å². The lowest BCUT2D eigenvalue weighted by Crippen LogP contribution is -2.18. The summed E-state index contributed by atoms with van der Waals surface area (Å²) in [6.45, 7) is 0. The minimum absolute atomic E-state index is 0.00690. The summed E-state index contributed by atoms with van der Waals surface area (Å²) in [6, 6.07) is 3.02. The minimum Gasteiger partial charge on any atom is -0.477 e. The molecule has 3 rings (SSSR count). The monoisotopic (exact) mass is 381 g/mol.